The number of carbonyl (C=O) groups excluding carboxylic acids is 2. The van der Waals surface area contributed by atoms with Gasteiger partial charge in [-0.1, -0.05) is 26.6 Å². The molecule has 2 unspecified atom stereocenters. The van der Waals surface area contributed by atoms with Gasteiger partial charge in [-0.05, 0) is 57.9 Å². The lowest BCUT2D eigenvalue weighted by molar-refractivity contribution is -0.191. The summed E-state index contributed by atoms with van der Waals surface area (Å²) < 4.78 is 10.9. The summed E-state index contributed by atoms with van der Waals surface area (Å²) in [4.78, 5) is 29.8. The summed E-state index contributed by atoms with van der Waals surface area (Å²) in [5.41, 5.74) is -0.228. The molecule has 0 aromatic rings. The smallest absolute Gasteiger partial charge is 0.409 e. The average Bonchev–Trinajstić information content (AvgIpc) is 2.58. The molecular weight excluding hydrogens is 376 g/mol. The lowest BCUT2D eigenvalue weighted by Gasteiger charge is -2.33. The van der Waals surface area contributed by atoms with Crippen molar-refractivity contribution in [1.29, 1.82) is 0 Å². The summed E-state index contributed by atoms with van der Waals surface area (Å²) in [6, 6.07) is 0. The highest BCUT2D eigenvalue weighted by Gasteiger charge is 2.28. The first kappa shape index (κ1) is 24.9. The van der Waals surface area contributed by atoms with Crippen molar-refractivity contribution < 1.29 is 23.9 Å². The SMILES string of the molecule is CC(CON(C=O)C(CC[C@@H]1CCCOC1)NC(=O)OC(C)(C)C)[Si](C)(C)C. The van der Waals surface area contributed by atoms with Gasteiger partial charge in [-0.3, -0.25) is 14.9 Å². The molecular formula is C20H40N2O5Si. The predicted octanol–water partition coefficient (Wildman–Crippen LogP) is 4.16. The zero-order valence-electron chi connectivity index (χ0n) is 18.7. The normalized spacial score (nSPS) is 20.2. The number of amides is 2. The van der Waals surface area contributed by atoms with Crippen molar-refractivity contribution in [2.45, 2.75) is 90.3 Å². The number of nitrogens with one attached hydrogen (secondary N) is 1. The molecule has 0 aliphatic carbocycles. The largest absolute Gasteiger partial charge is 0.444 e. The van der Waals surface area contributed by atoms with Crippen molar-refractivity contribution in [3.05, 3.63) is 0 Å². The first-order valence-corrected chi connectivity index (χ1v) is 13.9. The molecule has 0 radical (unpaired) electrons. The maximum Gasteiger partial charge on any atom is 0.409 e. The Morgan fingerprint density at radius 3 is 2.54 bits per heavy atom. The lowest BCUT2D eigenvalue weighted by Crippen LogP contribution is -2.50. The van der Waals surface area contributed by atoms with Gasteiger partial charge in [0.05, 0.1) is 6.61 Å². The highest BCUT2D eigenvalue weighted by atomic mass is 28.3. The molecule has 1 fully saturated rings. The van der Waals surface area contributed by atoms with Crippen LogP contribution in [-0.4, -0.2) is 57.2 Å². The molecule has 8 heteroatoms. The van der Waals surface area contributed by atoms with Crippen LogP contribution in [-0.2, 0) is 19.1 Å². The zero-order chi connectivity index (χ0) is 21.4. The Morgan fingerprint density at radius 1 is 1.36 bits per heavy atom. The van der Waals surface area contributed by atoms with Crippen LogP contribution in [0.4, 0.5) is 4.79 Å². The molecule has 7 nitrogen and oxygen atoms in total. The number of hydrogen-bond donors (Lipinski definition) is 1. The number of carbonyl (C=O) groups is 2. The number of ether oxygens (including phenoxy) is 2. The Morgan fingerprint density at radius 2 is 2.04 bits per heavy atom. The van der Waals surface area contributed by atoms with Gasteiger partial charge in [0.25, 0.3) is 0 Å². The average molecular weight is 417 g/mol. The van der Waals surface area contributed by atoms with Crippen molar-refractivity contribution >= 4 is 20.6 Å². The van der Waals surface area contributed by atoms with Gasteiger partial charge in [0.1, 0.15) is 11.8 Å². The monoisotopic (exact) mass is 416 g/mol. The van der Waals surface area contributed by atoms with Crippen LogP contribution in [0, 0.1) is 5.92 Å². The van der Waals surface area contributed by atoms with Crippen LogP contribution in [0.1, 0.15) is 53.4 Å². The van der Waals surface area contributed by atoms with Crippen molar-refractivity contribution in [1.82, 2.24) is 10.4 Å². The highest BCUT2D eigenvalue weighted by Crippen LogP contribution is 2.23. The lowest BCUT2D eigenvalue weighted by atomic mass is 9.96. The molecule has 0 spiro atoms. The van der Waals surface area contributed by atoms with Gasteiger partial charge >= 0.3 is 6.09 Å². The van der Waals surface area contributed by atoms with Crippen LogP contribution in [0.3, 0.4) is 0 Å². The fraction of sp³-hybridized carbons (Fsp3) is 0.900. The quantitative estimate of drug-likeness (QED) is 0.250. The molecule has 3 atom stereocenters. The molecule has 1 heterocycles. The highest BCUT2D eigenvalue weighted by molar-refractivity contribution is 6.77. The van der Waals surface area contributed by atoms with Crippen LogP contribution in [0.5, 0.6) is 0 Å². The van der Waals surface area contributed by atoms with Gasteiger partial charge < -0.3 is 9.47 Å². The Balaban J connectivity index is 2.73. The number of rotatable bonds is 10. The summed E-state index contributed by atoms with van der Waals surface area (Å²) in [6.45, 7) is 16.4. The van der Waals surface area contributed by atoms with E-state index in [1.165, 1.54) is 5.06 Å². The van der Waals surface area contributed by atoms with Crippen molar-refractivity contribution in [3.8, 4) is 0 Å². The first-order valence-electron chi connectivity index (χ1n) is 10.4. The Bertz CT molecular complexity index is 484. The van der Waals surface area contributed by atoms with E-state index in [1.807, 2.05) is 20.8 Å². The van der Waals surface area contributed by atoms with Gasteiger partial charge in [-0.25, -0.2) is 9.86 Å². The van der Waals surface area contributed by atoms with Crippen molar-refractivity contribution in [2.24, 2.45) is 5.92 Å². The molecule has 1 saturated heterocycles. The Kier molecular flexibility index (Phi) is 9.93. The minimum Gasteiger partial charge on any atom is -0.444 e. The molecule has 1 aliphatic heterocycles. The van der Waals surface area contributed by atoms with Gasteiger partial charge in [0.2, 0.25) is 6.41 Å². The van der Waals surface area contributed by atoms with Crippen LogP contribution >= 0.6 is 0 Å². The molecule has 2 amide bonds. The zero-order valence-corrected chi connectivity index (χ0v) is 19.7. The Labute approximate surface area is 171 Å². The van der Waals surface area contributed by atoms with Gasteiger partial charge in [-0.15, -0.1) is 0 Å². The van der Waals surface area contributed by atoms with Crippen LogP contribution in [0.15, 0.2) is 0 Å². The molecule has 1 N–H and O–H groups in total. The molecule has 1 rings (SSSR count). The summed E-state index contributed by atoms with van der Waals surface area (Å²) in [5, 5.41) is 4.05. The molecule has 0 bridgehead atoms. The summed E-state index contributed by atoms with van der Waals surface area (Å²) in [5.74, 6) is 0.436. The van der Waals surface area contributed by atoms with Crippen LogP contribution < -0.4 is 5.32 Å². The maximum atomic E-state index is 12.3. The fourth-order valence-electron chi connectivity index (χ4n) is 2.78. The summed E-state index contributed by atoms with van der Waals surface area (Å²) in [7, 11) is -1.38. The third-order valence-electron chi connectivity index (χ3n) is 5.15. The molecule has 28 heavy (non-hydrogen) atoms. The maximum absolute atomic E-state index is 12.3. The van der Waals surface area contributed by atoms with Gasteiger partial charge in [0, 0.05) is 21.3 Å². The van der Waals surface area contributed by atoms with Crippen molar-refractivity contribution in [2.75, 3.05) is 19.8 Å². The van der Waals surface area contributed by atoms with Crippen LogP contribution in [0.2, 0.25) is 25.2 Å². The molecule has 1 aliphatic rings. The predicted molar refractivity (Wildman–Crippen MR) is 113 cm³/mol. The first-order chi connectivity index (χ1) is 12.9. The topological polar surface area (TPSA) is 77.1 Å². The Hall–Kier alpha value is -1.12. The van der Waals surface area contributed by atoms with Crippen molar-refractivity contribution in [3.63, 3.8) is 0 Å². The van der Waals surface area contributed by atoms with E-state index in [1.54, 1.807) is 0 Å². The standard InChI is InChI=1S/C20H40N2O5Si/c1-16(28(5,6)7)13-26-22(15-23)18(21-19(24)27-20(2,3)4)11-10-17-9-8-12-25-14-17/h15-18H,8-14H2,1-7H3,(H,21,24)/t16?,17-,18?/m0/s1. The third-order valence-corrected chi connectivity index (χ3v) is 8.27. The third kappa shape index (κ3) is 9.89. The van der Waals surface area contributed by atoms with E-state index >= 15 is 0 Å². The second-order valence-electron chi connectivity index (χ2n) is 9.85. The molecule has 164 valence electrons. The van der Waals surface area contributed by atoms with Crippen LogP contribution in [0.25, 0.3) is 0 Å². The minimum atomic E-state index is -1.38. The van der Waals surface area contributed by atoms with E-state index in [2.05, 4.69) is 31.9 Å². The number of hydroxylamine groups is 2. The minimum absolute atomic E-state index is 0.379. The van der Waals surface area contributed by atoms with E-state index in [4.69, 9.17) is 14.3 Å². The van der Waals surface area contributed by atoms with E-state index < -0.39 is 25.9 Å². The number of alkyl carbamates (subject to hydrolysis) is 1. The summed E-state index contributed by atoms with van der Waals surface area (Å²) in [6.07, 6.45) is 3.13. The van der Waals surface area contributed by atoms with Gasteiger partial charge in [0.15, 0.2) is 0 Å². The van der Waals surface area contributed by atoms with E-state index in [0.29, 0.717) is 30.9 Å². The summed E-state index contributed by atoms with van der Waals surface area (Å²) >= 11 is 0. The fourth-order valence-corrected chi connectivity index (χ4v) is 3.35. The van der Waals surface area contributed by atoms with Gasteiger partial charge in [-0.2, -0.15) is 0 Å². The number of nitrogens with zero attached hydrogens (tertiary/aromatic N) is 1. The molecule has 0 aromatic carbocycles. The molecule has 0 saturated carbocycles. The van der Waals surface area contributed by atoms with E-state index in [-0.39, 0.29) is 0 Å². The number of hydrogen-bond acceptors (Lipinski definition) is 5. The van der Waals surface area contributed by atoms with E-state index in [0.717, 1.165) is 32.5 Å². The second-order valence-corrected chi connectivity index (χ2v) is 15.6. The second kappa shape index (κ2) is 11.2. The molecule has 0 aromatic heterocycles. The van der Waals surface area contributed by atoms with E-state index in [9.17, 15) is 9.59 Å².